The molecule has 0 atom stereocenters. The zero-order chi connectivity index (χ0) is 25.5. The van der Waals surface area contributed by atoms with Crippen molar-refractivity contribution < 1.29 is 4.79 Å². The molecule has 1 saturated heterocycles. The van der Waals surface area contributed by atoms with Crippen LogP contribution >= 0.6 is 11.6 Å². The number of anilines is 1. The van der Waals surface area contributed by atoms with Crippen LogP contribution in [0.4, 0.5) is 5.82 Å². The van der Waals surface area contributed by atoms with E-state index in [0.29, 0.717) is 23.8 Å². The molecular weight excluding hydrogens is 472 g/mol. The molecule has 0 unspecified atom stereocenters. The first kappa shape index (κ1) is 25.6. The van der Waals surface area contributed by atoms with Gasteiger partial charge in [-0.25, -0.2) is 4.98 Å². The fourth-order valence-electron chi connectivity index (χ4n) is 4.51. The highest BCUT2D eigenvalue weighted by atomic mass is 35.5. The normalized spacial score (nSPS) is 14.4. The number of rotatable bonds is 8. The summed E-state index contributed by atoms with van der Waals surface area (Å²) in [5, 5.41) is 11.0. The first-order valence-corrected chi connectivity index (χ1v) is 12.7. The standard InChI is InChI=1S/C28H31ClN6O/c1-20(2)18-35(27-25(29)17-31-26(16-30)32-27)33-28(36)24-10-8-21(9-11-24)19-34-14-12-23(13-15-34)22-6-4-3-5-7-22/h3-11,17,20,23H,12-15,18-19H2,1-2H3,(H,33,36). The summed E-state index contributed by atoms with van der Waals surface area (Å²) in [6.45, 7) is 7.53. The van der Waals surface area contributed by atoms with Crippen molar-refractivity contribution in [1.29, 1.82) is 5.26 Å². The van der Waals surface area contributed by atoms with Crippen molar-refractivity contribution in [3.05, 3.63) is 88.3 Å². The van der Waals surface area contributed by atoms with E-state index in [2.05, 4.69) is 50.6 Å². The van der Waals surface area contributed by atoms with Crippen LogP contribution in [0.1, 0.15) is 59.9 Å². The number of nitrogens with one attached hydrogen (secondary N) is 1. The number of amides is 1. The molecule has 3 aromatic rings. The fraction of sp³-hybridized carbons (Fsp3) is 0.357. The number of piperidine rings is 1. The van der Waals surface area contributed by atoms with Crippen molar-refractivity contribution in [2.24, 2.45) is 5.92 Å². The van der Waals surface area contributed by atoms with Crippen LogP contribution in [0.5, 0.6) is 0 Å². The molecule has 36 heavy (non-hydrogen) atoms. The largest absolute Gasteiger partial charge is 0.299 e. The molecule has 0 saturated carbocycles. The number of nitriles is 1. The van der Waals surface area contributed by atoms with Crippen molar-refractivity contribution in [3.63, 3.8) is 0 Å². The minimum atomic E-state index is -0.265. The van der Waals surface area contributed by atoms with E-state index in [1.165, 1.54) is 17.3 Å². The SMILES string of the molecule is CC(C)CN(NC(=O)c1ccc(CN2CCC(c3ccccc3)CC2)cc1)c1nc(C#N)ncc1Cl. The first-order chi connectivity index (χ1) is 17.4. The number of likely N-dealkylation sites (tertiary alicyclic amines) is 1. The van der Waals surface area contributed by atoms with Gasteiger partial charge in [0.05, 0.1) is 6.20 Å². The van der Waals surface area contributed by atoms with Gasteiger partial charge in [-0.2, -0.15) is 10.2 Å². The Hall–Kier alpha value is -3.47. The summed E-state index contributed by atoms with van der Waals surface area (Å²) in [5.41, 5.74) is 6.05. The maximum absolute atomic E-state index is 13.0. The number of halogens is 1. The van der Waals surface area contributed by atoms with E-state index in [1.54, 1.807) is 5.01 Å². The van der Waals surface area contributed by atoms with Crippen molar-refractivity contribution in [1.82, 2.24) is 20.3 Å². The van der Waals surface area contributed by atoms with Crippen LogP contribution in [-0.4, -0.2) is 40.4 Å². The van der Waals surface area contributed by atoms with Crippen LogP contribution in [0.15, 0.2) is 60.8 Å². The zero-order valence-electron chi connectivity index (χ0n) is 20.7. The molecule has 7 nitrogen and oxygen atoms in total. The quantitative estimate of drug-likeness (QED) is 0.427. The highest BCUT2D eigenvalue weighted by Gasteiger charge is 2.21. The molecule has 1 aliphatic rings. The average molecular weight is 503 g/mol. The van der Waals surface area contributed by atoms with Crippen molar-refractivity contribution >= 4 is 23.3 Å². The Morgan fingerprint density at radius 2 is 1.86 bits per heavy atom. The Morgan fingerprint density at radius 3 is 2.50 bits per heavy atom. The van der Waals surface area contributed by atoms with Crippen LogP contribution in [0.3, 0.4) is 0 Å². The summed E-state index contributed by atoms with van der Waals surface area (Å²) in [6, 6.07) is 20.4. The van der Waals surface area contributed by atoms with E-state index in [0.717, 1.165) is 32.5 Å². The number of hydrogen-bond donors (Lipinski definition) is 1. The predicted molar refractivity (Wildman–Crippen MR) is 142 cm³/mol. The van der Waals surface area contributed by atoms with E-state index in [4.69, 9.17) is 16.9 Å². The summed E-state index contributed by atoms with van der Waals surface area (Å²) in [5.74, 6) is 0.889. The maximum atomic E-state index is 13.0. The Morgan fingerprint density at radius 1 is 1.17 bits per heavy atom. The molecule has 4 rings (SSSR count). The Kier molecular flexibility index (Phi) is 8.52. The van der Waals surface area contributed by atoms with Crippen molar-refractivity contribution in [2.75, 3.05) is 24.6 Å². The van der Waals surface area contributed by atoms with E-state index in [9.17, 15) is 4.79 Å². The third-order valence-electron chi connectivity index (χ3n) is 6.35. The summed E-state index contributed by atoms with van der Waals surface area (Å²) in [4.78, 5) is 23.6. The topological polar surface area (TPSA) is 85.2 Å². The molecule has 1 aliphatic heterocycles. The second-order valence-corrected chi connectivity index (χ2v) is 9.99. The van der Waals surface area contributed by atoms with Gasteiger partial charge in [-0.1, -0.05) is 67.9 Å². The second kappa shape index (κ2) is 12.0. The number of carbonyl (C=O) groups excluding carboxylic acids is 1. The first-order valence-electron chi connectivity index (χ1n) is 12.3. The van der Waals surface area contributed by atoms with Gasteiger partial charge >= 0.3 is 0 Å². The van der Waals surface area contributed by atoms with Crippen LogP contribution in [0.25, 0.3) is 0 Å². The third kappa shape index (κ3) is 6.60. The molecule has 1 amide bonds. The van der Waals surface area contributed by atoms with Gasteiger partial charge in [0, 0.05) is 18.7 Å². The molecule has 1 fully saturated rings. The van der Waals surface area contributed by atoms with Crippen molar-refractivity contribution in [2.45, 2.75) is 39.2 Å². The van der Waals surface area contributed by atoms with Crippen LogP contribution < -0.4 is 10.4 Å². The van der Waals surface area contributed by atoms with Crippen LogP contribution in [-0.2, 0) is 6.54 Å². The summed E-state index contributed by atoms with van der Waals surface area (Å²) < 4.78 is 0. The van der Waals surface area contributed by atoms with Gasteiger partial charge in [0.15, 0.2) is 5.82 Å². The molecule has 186 valence electrons. The second-order valence-electron chi connectivity index (χ2n) is 9.58. The zero-order valence-corrected chi connectivity index (χ0v) is 21.4. The monoisotopic (exact) mass is 502 g/mol. The smallest absolute Gasteiger partial charge is 0.269 e. The van der Waals surface area contributed by atoms with E-state index in [1.807, 2.05) is 44.2 Å². The Labute approximate surface area is 217 Å². The molecule has 2 heterocycles. The van der Waals surface area contributed by atoms with Crippen LogP contribution in [0, 0.1) is 17.2 Å². The Balaban J connectivity index is 1.37. The summed E-state index contributed by atoms with van der Waals surface area (Å²) >= 11 is 6.29. The number of carbonyl (C=O) groups is 1. The lowest BCUT2D eigenvalue weighted by Crippen LogP contribution is -2.45. The maximum Gasteiger partial charge on any atom is 0.269 e. The molecule has 0 spiro atoms. The molecule has 0 aliphatic carbocycles. The van der Waals surface area contributed by atoms with Gasteiger partial charge in [0.25, 0.3) is 5.91 Å². The average Bonchev–Trinajstić information content (AvgIpc) is 2.90. The van der Waals surface area contributed by atoms with Gasteiger partial charge in [-0.3, -0.25) is 20.1 Å². The van der Waals surface area contributed by atoms with Gasteiger partial charge in [-0.05, 0) is 61.0 Å². The van der Waals surface area contributed by atoms with E-state index in [-0.39, 0.29) is 22.7 Å². The highest BCUT2D eigenvalue weighted by molar-refractivity contribution is 6.32. The number of benzene rings is 2. The lowest BCUT2D eigenvalue weighted by Gasteiger charge is -2.32. The molecule has 1 aromatic heterocycles. The lowest BCUT2D eigenvalue weighted by atomic mass is 9.89. The number of nitrogens with zero attached hydrogens (tertiary/aromatic N) is 5. The highest BCUT2D eigenvalue weighted by Crippen LogP contribution is 2.28. The Bertz CT molecular complexity index is 1200. The van der Waals surface area contributed by atoms with Gasteiger partial charge in [-0.15, -0.1) is 0 Å². The van der Waals surface area contributed by atoms with E-state index < -0.39 is 0 Å². The summed E-state index contributed by atoms with van der Waals surface area (Å²) in [6.07, 6.45) is 3.70. The van der Waals surface area contributed by atoms with Crippen LogP contribution in [0.2, 0.25) is 5.02 Å². The molecule has 8 heteroatoms. The molecule has 0 radical (unpaired) electrons. The van der Waals surface area contributed by atoms with Crippen molar-refractivity contribution in [3.8, 4) is 6.07 Å². The molecule has 0 bridgehead atoms. The van der Waals surface area contributed by atoms with E-state index >= 15 is 0 Å². The predicted octanol–water partition coefficient (Wildman–Crippen LogP) is 5.19. The summed E-state index contributed by atoms with van der Waals surface area (Å²) in [7, 11) is 0. The molecule has 1 N–H and O–H groups in total. The third-order valence-corrected chi connectivity index (χ3v) is 6.61. The number of aromatic nitrogens is 2. The minimum Gasteiger partial charge on any atom is -0.299 e. The number of hydrazine groups is 1. The molecular formula is C28H31ClN6O. The number of hydrogen-bond acceptors (Lipinski definition) is 6. The molecule has 2 aromatic carbocycles. The van der Waals surface area contributed by atoms with Gasteiger partial charge in [0.1, 0.15) is 11.1 Å². The minimum absolute atomic E-state index is 0.00504. The van der Waals surface area contributed by atoms with Gasteiger partial charge < -0.3 is 0 Å². The fourth-order valence-corrected chi connectivity index (χ4v) is 4.70. The lowest BCUT2D eigenvalue weighted by molar-refractivity contribution is 0.0947. The van der Waals surface area contributed by atoms with Gasteiger partial charge in [0.2, 0.25) is 5.82 Å².